The van der Waals surface area contributed by atoms with Gasteiger partial charge in [-0.25, -0.2) is 18.2 Å². The number of nitrogens with zero attached hydrogens (tertiary/aromatic N) is 2. The number of thiazole rings is 1. The van der Waals surface area contributed by atoms with Gasteiger partial charge in [-0.05, 0) is 12.5 Å². The summed E-state index contributed by atoms with van der Waals surface area (Å²) in [6.45, 7) is 0.835. The monoisotopic (exact) mass is 363 g/mol. The lowest BCUT2D eigenvalue weighted by Gasteiger charge is -2.06. The van der Waals surface area contributed by atoms with E-state index in [4.69, 9.17) is 0 Å². The molecule has 0 saturated heterocycles. The van der Waals surface area contributed by atoms with Gasteiger partial charge < -0.3 is 5.32 Å². The van der Waals surface area contributed by atoms with Crippen molar-refractivity contribution in [1.29, 1.82) is 0 Å². The molecule has 2 aromatic heterocycles. The maximum atomic E-state index is 14.2. The first kappa shape index (κ1) is 17.2. The molecule has 0 aliphatic heterocycles. The predicted molar refractivity (Wildman–Crippen MR) is 91.5 cm³/mol. The molecule has 0 saturated carbocycles. The molecule has 130 valence electrons. The molecule has 0 aliphatic rings. The molecule has 0 fully saturated rings. The molecular formula is C17H15F2N3O2S. The molecule has 3 rings (SSSR count). The van der Waals surface area contributed by atoms with Crippen LogP contribution in [0.2, 0.25) is 0 Å². The molecule has 2 heterocycles. The van der Waals surface area contributed by atoms with Crippen molar-refractivity contribution >= 4 is 22.2 Å². The van der Waals surface area contributed by atoms with Gasteiger partial charge in [0.2, 0.25) is 0 Å². The fraction of sp³-hybridized carbons (Fsp3) is 0.235. The minimum absolute atomic E-state index is 0.0239. The van der Waals surface area contributed by atoms with E-state index >= 15 is 0 Å². The summed E-state index contributed by atoms with van der Waals surface area (Å²) in [7, 11) is 1.48. The number of carbonyl (C=O) groups excluding carboxylic acids is 1. The molecule has 1 aromatic carbocycles. The van der Waals surface area contributed by atoms with Crippen molar-refractivity contribution in [2.45, 2.75) is 20.0 Å². The zero-order chi connectivity index (χ0) is 18.1. The van der Waals surface area contributed by atoms with Gasteiger partial charge in [-0.15, -0.1) is 11.3 Å². The van der Waals surface area contributed by atoms with Crippen molar-refractivity contribution in [3.63, 3.8) is 0 Å². The molecule has 25 heavy (non-hydrogen) atoms. The van der Waals surface area contributed by atoms with Crippen LogP contribution >= 0.6 is 11.3 Å². The van der Waals surface area contributed by atoms with E-state index in [1.807, 2.05) is 0 Å². The number of fused-ring (bicyclic) bond motifs is 1. The van der Waals surface area contributed by atoms with Crippen molar-refractivity contribution in [3.05, 3.63) is 67.8 Å². The van der Waals surface area contributed by atoms with Crippen LogP contribution in [0.4, 0.5) is 8.78 Å². The number of carbonyl (C=O) groups is 1. The molecule has 8 heteroatoms. The Balaban J connectivity index is 2.09. The fourth-order valence-corrected chi connectivity index (χ4v) is 3.65. The van der Waals surface area contributed by atoms with Gasteiger partial charge in [0.25, 0.3) is 11.5 Å². The Labute approximate surface area is 146 Å². The number of hydrogen-bond acceptors (Lipinski definition) is 4. The maximum absolute atomic E-state index is 14.2. The number of rotatable bonds is 4. The molecule has 1 amide bonds. The topological polar surface area (TPSA) is 63.5 Å². The molecular weight excluding hydrogens is 348 g/mol. The normalized spacial score (nSPS) is 11.0. The fourth-order valence-electron chi connectivity index (χ4n) is 2.66. The van der Waals surface area contributed by atoms with Crippen molar-refractivity contribution < 1.29 is 13.6 Å². The Bertz CT molecular complexity index is 1030. The van der Waals surface area contributed by atoms with Crippen LogP contribution in [-0.4, -0.2) is 22.3 Å². The van der Waals surface area contributed by atoms with Crippen molar-refractivity contribution in [1.82, 2.24) is 14.7 Å². The third kappa shape index (κ3) is 3.05. The van der Waals surface area contributed by atoms with E-state index in [9.17, 15) is 18.4 Å². The third-order valence-electron chi connectivity index (χ3n) is 3.86. The van der Waals surface area contributed by atoms with E-state index in [2.05, 4.69) is 10.3 Å². The highest BCUT2D eigenvalue weighted by molar-refractivity contribution is 7.17. The standard InChI is InChI=1S/C17H15F2N3O2S/c1-9-15(16(24)20-2)22-13(23)7-12(21-17(22)25-9)6-10-4-3-5-11(8-18)14(10)19/h3-5,7H,6,8H2,1-2H3,(H,20,24). The van der Waals surface area contributed by atoms with Gasteiger partial charge in [-0.3, -0.25) is 9.59 Å². The average molecular weight is 363 g/mol. The molecule has 5 nitrogen and oxygen atoms in total. The van der Waals surface area contributed by atoms with Gasteiger partial charge in [0.1, 0.15) is 18.2 Å². The highest BCUT2D eigenvalue weighted by Crippen LogP contribution is 2.21. The number of alkyl halides is 1. The second-order valence-corrected chi connectivity index (χ2v) is 6.67. The number of aryl methyl sites for hydroxylation is 1. The number of hydrogen-bond donors (Lipinski definition) is 1. The molecule has 0 bridgehead atoms. The first-order valence-corrected chi connectivity index (χ1v) is 8.34. The lowest BCUT2D eigenvalue weighted by atomic mass is 10.1. The first-order chi connectivity index (χ1) is 12.0. The summed E-state index contributed by atoms with van der Waals surface area (Å²) in [4.78, 5) is 29.8. The van der Waals surface area contributed by atoms with E-state index in [1.165, 1.54) is 41.0 Å². The lowest BCUT2D eigenvalue weighted by Crippen LogP contribution is -2.25. The summed E-state index contributed by atoms with van der Waals surface area (Å²) in [5.41, 5.74) is 0.446. The summed E-state index contributed by atoms with van der Waals surface area (Å²) in [6.07, 6.45) is 0.0671. The van der Waals surface area contributed by atoms with E-state index in [0.29, 0.717) is 15.5 Å². The van der Waals surface area contributed by atoms with Gasteiger partial charge in [-0.1, -0.05) is 18.2 Å². The molecule has 0 spiro atoms. The highest BCUT2D eigenvalue weighted by Gasteiger charge is 2.19. The summed E-state index contributed by atoms with van der Waals surface area (Å²) >= 11 is 1.21. The SMILES string of the molecule is CNC(=O)c1c(C)sc2nc(Cc3cccc(CF)c3F)cc(=O)n12. The Morgan fingerprint density at radius 1 is 1.36 bits per heavy atom. The van der Waals surface area contributed by atoms with Gasteiger partial charge in [0.05, 0.1) is 5.69 Å². The van der Waals surface area contributed by atoms with Crippen LogP contribution in [0, 0.1) is 12.7 Å². The molecule has 3 aromatic rings. The first-order valence-electron chi connectivity index (χ1n) is 7.52. The second kappa shape index (κ2) is 6.72. The number of amides is 1. The Morgan fingerprint density at radius 3 is 2.76 bits per heavy atom. The van der Waals surface area contributed by atoms with Crippen molar-refractivity contribution in [3.8, 4) is 0 Å². The van der Waals surface area contributed by atoms with Gasteiger partial charge in [0, 0.05) is 30.0 Å². The van der Waals surface area contributed by atoms with E-state index in [0.717, 1.165) is 0 Å². The molecule has 0 radical (unpaired) electrons. The van der Waals surface area contributed by atoms with Crippen LogP contribution in [0.15, 0.2) is 29.1 Å². The van der Waals surface area contributed by atoms with Gasteiger partial charge in [-0.2, -0.15) is 0 Å². The van der Waals surface area contributed by atoms with Crippen LogP contribution in [0.1, 0.15) is 32.2 Å². The van der Waals surface area contributed by atoms with Crippen LogP contribution in [0.5, 0.6) is 0 Å². The van der Waals surface area contributed by atoms with Crippen LogP contribution < -0.4 is 10.9 Å². The zero-order valence-corrected chi connectivity index (χ0v) is 14.4. The number of halogens is 2. The van der Waals surface area contributed by atoms with Crippen molar-refractivity contribution in [2.24, 2.45) is 0 Å². The van der Waals surface area contributed by atoms with E-state index in [1.54, 1.807) is 13.0 Å². The number of nitrogens with one attached hydrogen (secondary N) is 1. The summed E-state index contributed by atoms with van der Waals surface area (Å²) in [6, 6.07) is 5.75. The van der Waals surface area contributed by atoms with Crippen LogP contribution in [0.25, 0.3) is 4.96 Å². The Hall–Kier alpha value is -2.61. The molecule has 0 unspecified atom stereocenters. The molecule has 0 atom stereocenters. The highest BCUT2D eigenvalue weighted by atomic mass is 32.1. The molecule has 1 N–H and O–H groups in total. The van der Waals surface area contributed by atoms with Gasteiger partial charge in [0.15, 0.2) is 4.96 Å². The van der Waals surface area contributed by atoms with E-state index in [-0.39, 0.29) is 29.1 Å². The lowest BCUT2D eigenvalue weighted by molar-refractivity contribution is 0.0956. The Morgan fingerprint density at radius 2 is 2.08 bits per heavy atom. The quantitative estimate of drug-likeness (QED) is 0.775. The molecule has 0 aliphatic carbocycles. The smallest absolute Gasteiger partial charge is 0.269 e. The van der Waals surface area contributed by atoms with Crippen LogP contribution in [-0.2, 0) is 13.1 Å². The number of aromatic nitrogens is 2. The summed E-state index contributed by atoms with van der Waals surface area (Å²) in [5, 5.41) is 2.50. The Kier molecular flexibility index (Phi) is 4.63. The average Bonchev–Trinajstić information content (AvgIpc) is 2.92. The summed E-state index contributed by atoms with van der Waals surface area (Å²) in [5.74, 6) is -0.998. The third-order valence-corrected chi connectivity index (χ3v) is 4.81. The number of benzene rings is 1. The van der Waals surface area contributed by atoms with Crippen molar-refractivity contribution in [2.75, 3.05) is 7.05 Å². The predicted octanol–water partition coefficient (Wildman–Crippen LogP) is 2.62. The maximum Gasteiger partial charge on any atom is 0.269 e. The minimum Gasteiger partial charge on any atom is -0.354 e. The van der Waals surface area contributed by atoms with E-state index < -0.39 is 18.1 Å². The zero-order valence-electron chi connectivity index (χ0n) is 13.6. The van der Waals surface area contributed by atoms with Gasteiger partial charge >= 0.3 is 0 Å². The summed E-state index contributed by atoms with van der Waals surface area (Å²) < 4.78 is 28.2. The second-order valence-electron chi connectivity index (χ2n) is 5.49. The minimum atomic E-state index is -0.894. The largest absolute Gasteiger partial charge is 0.354 e. The van der Waals surface area contributed by atoms with Crippen LogP contribution in [0.3, 0.4) is 0 Å².